The lowest BCUT2D eigenvalue weighted by Crippen LogP contribution is -2.28. The van der Waals surface area contributed by atoms with Gasteiger partial charge in [0, 0.05) is 26.1 Å². The molecule has 2 heterocycles. The molecule has 150 valence electrons. The summed E-state index contributed by atoms with van der Waals surface area (Å²) in [6.45, 7) is 5.72. The van der Waals surface area contributed by atoms with Crippen LogP contribution in [0.15, 0.2) is 41.4 Å². The normalized spacial score (nSPS) is 14.3. The van der Waals surface area contributed by atoms with Gasteiger partial charge in [0.1, 0.15) is 5.82 Å². The van der Waals surface area contributed by atoms with E-state index in [2.05, 4.69) is 19.9 Å². The largest absolute Gasteiger partial charge is 0.357 e. The van der Waals surface area contributed by atoms with Crippen LogP contribution >= 0.6 is 0 Å². The number of hydrogen-bond donors (Lipinski definition) is 2. The molecule has 0 bridgehead atoms. The van der Waals surface area contributed by atoms with Gasteiger partial charge in [0.25, 0.3) is 0 Å². The number of carbonyl (C=O) groups is 1. The van der Waals surface area contributed by atoms with Gasteiger partial charge in [0.15, 0.2) is 0 Å². The van der Waals surface area contributed by atoms with Crippen molar-refractivity contribution >= 4 is 27.4 Å². The molecular weight excluding hydrogens is 376 g/mol. The van der Waals surface area contributed by atoms with E-state index in [1.807, 2.05) is 25.1 Å². The lowest BCUT2D eigenvalue weighted by Gasteiger charge is -2.16. The van der Waals surface area contributed by atoms with Gasteiger partial charge in [-0.1, -0.05) is 17.7 Å². The van der Waals surface area contributed by atoms with Crippen molar-refractivity contribution in [1.29, 1.82) is 0 Å². The number of nitrogens with one attached hydrogen (secondary N) is 2. The zero-order valence-electron chi connectivity index (χ0n) is 16.2. The number of anilines is 2. The second-order valence-electron chi connectivity index (χ2n) is 7.06. The second-order valence-corrected chi connectivity index (χ2v) is 8.80. The van der Waals surface area contributed by atoms with Crippen molar-refractivity contribution < 1.29 is 13.2 Å². The Balaban J connectivity index is 1.50. The van der Waals surface area contributed by atoms with Crippen molar-refractivity contribution in [2.45, 2.75) is 38.0 Å². The van der Waals surface area contributed by atoms with Crippen molar-refractivity contribution in [3.63, 3.8) is 0 Å². The monoisotopic (exact) mass is 402 g/mol. The Labute approximate surface area is 166 Å². The maximum absolute atomic E-state index is 12.4. The van der Waals surface area contributed by atoms with Gasteiger partial charge in [0.2, 0.25) is 15.9 Å². The molecule has 1 amide bonds. The summed E-state index contributed by atoms with van der Waals surface area (Å²) in [5.74, 6) is 0.649. The molecule has 8 heteroatoms. The van der Waals surface area contributed by atoms with Gasteiger partial charge in [-0.3, -0.25) is 4.79 Å². The molecule has 2 aromatic rings. The highest BCUT2D eigenvalue weighted by Gasteiger charge is 2.17. The highest BCUT2D eigenvalue weighted by molar-refractivity contribution is 7.89. The topological polar surface area (TPSA) is 91.4 Å². The molecule has 1 aliphatic heterocycles. The molecule has 0 saturated carbocycles. The van der Waals surface area contributed by atoms with Crippen LogP contribution in [0.4, 0.5) is 11.5 Å². The third-order valence-corrected chi connectivity index (χ3v) is 6.35. The first-order chi connectivity index (χ1) is 13.3. The van der Waals surface area contributed by atoms with Crippen LogP contribution in [0.25, 0.3) is 0 Å². The van der Waals surface area contributed by atoms with Gasteiger partial charge in [-0.2, -0.15) is 0 Å². The Kier molecular flexibility index (Phi) is 6.31. The average molecular weight is 403 g/mol. The van der Waals surface area contributed by atoms with Crippen LogP contribution in [-0.2, 0) is 14.8 Å². The highest BCUT2D eigenvalue weighted by atomic mass is 32.2. The highest BCUT2D eigenvalue weighted by Crippen LogP contribution is 2.19. The van der Waals surface area contributed by atoms with Gasteiger partial charge < -0.3 is 10.2 Å². The number of sulfonamides is 1. The summed E-state index contributed by atoms with van der Waals surface area (Å²) >= 11 is 0. The van der Waals surface area contributed by atoms with Crippen LogP contribution < -0.4 is 14.9 Å². The molecule has 1 aliphatic rings. The molecule has 1 aromatic carbocycles. The van der Waals surface area contributed by atoms with Gasteiger partial charge in [-0.15, -0.1) is 0 Å². The minimum atomic E-state index is -3.64. The number of rotatable bonds is 7. The van der Waals surface area contributed by atoms with Crippen LogP contribution in [-0.4, -0.2) is 38.9 Å². The van der Waals surface area contributed by atoms with Crippen LogP contribution in [0.1, 0.15) is 30.4 Å². The summed E-state index contributed by atoms with van der Waals surface area (Å²) in [6.07, 6.45) is 4.03. The molecule has 3 rings (SSSR count). The zero-order chi connectivity index (χ0) is 20.1. The number of aryl methyl sites for hydroxylation is 2. The Bertz CT molecular complexity index is 936. The van der Waals surface area contributed by atoms with Crippen LogP contribution in [0, 0.1) is 13.8 Å². The predicted octanol–water partition coefficient (Wildman–Crippen LogP) is 2.61. The molecule has 0 atom stereocenters. The van der Waals surface area contributed by atoms with Crippen molar-refractivity contribution in [2.24, 2.45) is 0 Å². The van der Waals surface area contributed by atoms with Gasteiger partial charge >= 0.3 is 0 Å². The summed E-state index contributed by atoms with van der Waals surface area (Å²) in [5.41, 5.74) is 2.28. The zero-order valence-corrected chi connectivity index (χ0v) is 17.1. The smallest absolute Gasteiger partial charge is 0.240 e. The molecule has 1 saturated heterocycles. The summed E-state index contributed by atoms with van der Waals surface area (Å²) in [6, 6.07) is 8.87. The number of benzene rings is 1. The predicted molar refractivity (Wildman–Crippen MR) is 110 cm³/mol. The second kappa shape index (κ2) is 8.70. The number of amides is 1. The SMILES string of the molecule is Cc1ccc(S(=O)(=O)NCCC(=O)Nc2ccc(N3CCCC3)nc2)c(C)c1. The number of pyridine rings is 1. The maximum Gasteiger partial charge on any atom is 0.240 e. The molecule has 7 nitrogen and oxygen atoms in total. The van der Waals surface area contributed by atoms with E-state index in [0.29, 0.717) is 11.3 Å². The summed E-state index contributed by atoms with van der Waals surface area (Å²) in [7, 11) is -3.64. The fourth-order valence-corrected chi connectivity index (χ4v) is 4.55. The molecule has 0 radical (unpaired) electrons. The summed E-state index contributed by atoms with van der Waals surface area (Å²) in [4.78, 5) is 18.9. The lowest BCUT2D eigenvalue weighted by atomic mass is 10.2. The lowest BCUT2D eigenvalue weighted by molar-refractivity contribution is -0.116. The number of aromatic nitrogens is 1. The molecule has 2 N–H and O–H groups in total. The van der Waals surface area contributed by atoms with E-state index < -0.39 is 10.0 Å². The Morgan fingerprint density at radius 1 is 1.14 bits per heavy atom. The number of nitrogens with zero attached hydrogens (tertiary/aromatic N) is 2. The van der Waals surface area contributed by atoms with Gasteiger partial charge in [-0.05, 0) is 50.5 Å². The van der Waals surface area contributed by atoms with Gasteiger partial charge in [-0.25, -0.2) is 18.1 Å². The summed E-state index contributed by atoms with van der Waals surface area (Å²) in [5, 5.41) is 2.75. The molecular formula is C20H26N4O3S. The van der Waals surface area contributed by atoms with E-state index in [9.17, 15) is 13.2 Å². The van der Waals surface area contributed by atoms with E-state index in [1.54, 1.807) is 25.3 Å². The maximum atomic E-state index is 12.4. The Morgan fingerprint density at radius 2 is 1.89 bits per heavy atom. The van der Waals surface area contributed by atoms with Crippen molar-refractivity contribution in [1.82, 2.24) is 9.71 Å². The van der Waals surface area contributed by atoms with Crippen LogP contribution in [0.3, 0.4) is 0 Å². The number of hydrogen-bond acceptors (Lipinski definition) is 5. The minimum absolute atomic E-state index is 0.0285. The first-order valence-electron chi connectivity index (χ1n) is 9.43. The van der Waals surface area contributed by atoms with E-state index in [0.717, 1.165) is 24.5 Å². The third kappa shape index (κ3) is 5.08. The summed E-state index contributed by atoms with van der Waals surface area (Å²) < 4.78 is 27.3. The van der Waals surface area contributed by atoms with E-state index in [4.69, 9.17) is 0 Å². The standard InChI is InChI=1S/C20H26N4O3S/c1-15-5-7-18(16(2)13-15)28(26,27)22-10-9-20(25)23-17-6-8-19(21-14-17)24-11-3-4-12-24/h5-8,13-14,22H,3-4,9-12H2,1-2H3,(H,23,25). The molecule has 28 heavy (non-hydrogen) atoms. The molecule has 1 aromatic heterocycles. The fourth-order valence-electron chi connectivity index (χ4n) is 3.29. The quantitative estimate of drug-likeness (QED) is 0.743. The molecule has 1 fully saturated rings. The van der Waals surface area contributed by atoms with E-state index >= 15 is 0 Å². The van der Waals surface area contributed by atoms with E-state index in [1.165, 1.54) is 12.8 Å². The molecule has 0 spiro atoms. The number of carbonyl (C=O) groups excluding carboxylic acids is 1. The van der Waals surface area contributed by atoms with Crippen molar-refractivity contribution in [2.75, 3.05) is 29.9 Å². The first kappa shape index (κ1) is 20.3. The van der Waals surface area contributed by atoms with Crippen molar-refractivity contribution in [3.05, 3.63) is 47.7 Å². The van der Waals surface area contributed by atoms with Crippen LogP contribution in [0.2, 0.25) is 0 Å². The third-order valence-electron chi connectivity index (χ3n) is 4.73. The molecule has 0 aliphatic carbocycles. The minimum Gasteiger partial charge on any atom is -0.357 e. The van der Waals surface area contributed by atoms with Crippen LogP contribution in [0.5, 0.6) is 0 Å². The fraction of sp³-hybridized carbons (Fsp3) is 0.400. The Hall–Kier alpha value is -2.45. The molecule has 0 unspecified atom stereocenters. The first-order valence-corrected chi connectivity index (χ1v) is 10.9. The Morgan fingerprint density at radius 3 is 2.54 bits per heavy atom. The van der Waals surface area contributed by atoms with Crippen molar-refractivity contribution in [3.8, 4) is 0 Å². The van der Waals surface area contributed by atoms with Gasteiger partial charge in [0.05, 0.1) is 16.8 Å². The average Bonchev–Trinajstić information content (AvgIpc) is 3.16. The van der Waals surface area contributed by atoms with E-state index in [-0.39, 0.29) is 23.8 Å².